The molecule has 0 amide bonds. The summed E-state index contributed by atoms with van der Waals surface area (Å²) in [5.74, 6) is 0. The molecule has 0 aromatic heterocycles. The third kappa shape index (κ3) is 3.29. The first-order chi connectivity index (χ1) is 6.39. The van der Waals surface area contributed by atoms with E-state index < -0.39 is 9.05 Å². The molecule has 78 valence electrons. The SMILES string of the molecule is CC(N)Cc1ccc(S(=O)(=O)Cl)cc1. The van der Waals surface area contributed by atoms with E-state index in [2.05, 4.69) is 0 Å². The Hall–Kier alpha value is -0.580. The van der Waals surface area contributed by atoms with Crippen molar-refractivity contribution in [2.45, 2.75) is 24.3 Å². The predicted octanol–water partition coefficient (Wildman–Crippen LogP) is 1.50. The van der Waals surface area contributed by atoms with Gasteiger partial charge in [0.05, 0.1) is 4.90 Å². The minimum atomic E-state index is -3.61. The largest absolute Gasteiger partial charge is 0.328 e. The van der Waals surface area contributed by atoms with Gasteiger partial charge in [0.1, 0.15) is 0 Å². The lowest BCUT2D eigenvalue weighted by Gasteiger charge is -2.04. The van der Waals surface area contributed by atoms with Gasteiger partial charge in [-0.3, -0.25) is 0 Å². The number of benzene rings is 1. The van der Waals surface area contributed by atoms with Gasteiger partial charge in [0, 0.05) is 16.7 Å². The lowest BCUT2D eigenvalue weighted by atomic mass is 10.1. The zero-order chi connectivity index (χ0) is 10.8. The van der Waals surface area contributed by atoms with Crippen molar-refractivity contribution in [2.24, 2.45) is 5.73 Å². The van der Waals surface area contributed by atoms with Gasteiger partial charge in [0.25, 0.3) is 9.05 Å². The van der Waals surface area contributed by atoms with Gasteiger partial charge in [-0.2, -0.15) is 0 Å². The molecule has 1 atom stereocenters. The van der Waals surface area contributed by atoms with Crippen LogP contribution in [0.5, 0.6) is 0 Å². The number of hydrogen-bond donors (Lipinski definition) is 1. The second-order valence-electron chi connectivity index (χ2n) is 3.26. The van der Waals surface area contributed by atoms with E-state index in [0.29, 0.717) is 0 Å². The van der Waals surface area contributed by atoms with E-state index in [1.54, 1.807) is 12.1 Å². The molecule has 0 heterocycles. The van der Waals surface area contributed by atoms with Crippen molar-refractivity contribution < 1.29 is 8.42 Å². The first-order valence-corrected chi connectivity index (χ1v) is 6.49. The summed E-state index contributed by atoms with van der Waals surface area (Å²) in [6.07, 6.45) is 0.725. The second-order valence-corrected chi connectivity index (χ2v) is 5.83. The van der Waals surface area contributed by atoms with Crippen LogP contribution >= 0.6 is 10.7 Å². The van der Waals surface area contributed by atoms with Crippen LogP contribution in [0.3, 0.4) is 0 Å². The maximum Gasteiger partial charge on any atom is 0.261 e. The van der Waals surface area contributed by atoms with Crippen molar-refractivity contribution in [3.63, 3.8) is 0 Å². The fourth-order valence-corrected chi connectivity index (χ4v) is 1.93. The summed E-state index contributed by atoms with van der Waals surface area (Å²) < 4.78 is 21.8. The average molecular weight is 234 g/mol. The van der Waals surface area contributed by atoms with Crippen molar-refractivity contribution in [3.8, 4) is 0 Å². The molecule has 2 N–H and O–H groups in total. The van der Waals surface area contributed by atoms with Crippen molar-refractivity contribution in [1.29, 1.82) is 0 Å². The zero-order valence-electron chi connectivity index (χ0n) is 7.77. The van der Waals surface area contributed by atoms with Crippen molar-refractivity contribution in [3.05, 3.63) is 29.8 Å². The maximum absolute atomic E-state index is 10.9. The van der Waals surface area contributed by atoms with Crippen LogP contribution in [0.1, 0.15) is 12.5 Å². The lowest BCUT2D eigenvalue weighted by molar-refractivity contribution is 0.609. The molecule has 0 bridgehead atoms. The van der Waals surface area contributed by atoms with E-state index in [4.69, 9.17) is 16.4 Å². The molecule has 1 aromatic carbocycles. The molecule has 0 saturated heterocycles. The van der Waals surface area contributed by atoms with E-state index in [1.165, 1.54) is 12.1 Å². The van der Waals surface area contributed by atoms with E-state index in [-0.39, 0.29) is 10.9 Å². The highest BCUT2D eigenvalue weighted by Gasteiger charge is 2.08. The van der Waals surface area contributed by atoms with Crippen LogP contribution in [0.15, 0.2) is 29.2 Å². The number of hydrogen-bond acceptors (Lipinski definition) is 3. The van der Waals surface area contributed by atoms with Gasteiger partial charge in [-0.05, 0) is 31.0 Å². The highest BCUT2D eigenvalue weighted by molar-refractivity contribution is 8.13. The van der Waals surface area contributed by atoms with Crippen LogP contribution in [0.2, 0.25) is 0 Å². The Kier molecular flexibility index (Phi) is 3.53. The minimum Gasteiger partial charge on any atom is -0.328 e. The Bertz CT molecular complexity index is 397. The van der Waals surface area contributed by atoms with Crippen molar-refractivity contribution >= 4 is 19.7 Å². The summed E-state index contributed by atoms with van der Waals surface area (Å²) in [6, 6.07) is 6.48. The predicted molar refractivity (Wildman–Crippen MR) is 56.8 cm³/mol. The van der Waals surface area contributed by atoms with Crippen LogP contribution in [0.25, 0.3) is 0 Å². The molecule has 0 radical (unpaired) electrons. The highest BCUT2D eigenvalue weighted by atomic mass is 35.7. The van der Waals surface area contributed by atoms with Gasteiger partial charge in [-0.25, -0.2) is 8.42 Å². The lowest BCUT2D eigenvalue weighted by Crippen LogP contribution is -2.17. The minimum absolute atomic E-state index is 0.0634. The molecule has 0 fully saturated rings. The Morgan fingerprint density at radius 2 is 1.86 bits per heavy atom. The first kappa shape index (κ1) is 11.5. The number of nitrogens with two attached hydrogens (primary N) is 1. The van der Waals surface area contributed by atoms with Gasteiger partial charge in [-0.1, -0.05) is 12.1 Å². The Morgan fingerprint density at radius 3 is 2.21 bits per heavy atom. The van der Waals surface area contributed by atoms with Crippen LogP contribution < -0.4 is 5.73 Å². The molecule has 0 aliphatic carbocycles. The molecule has 5 heteroatoms. The quantitative estimate of drug-likeness (QED) is 0.805. The zero-order valence-corrected chi connectivity index (χ0v) is 9.35. The smallest absolute Gasteiger partial charge is 0.261 e. The molecule has 1 aromatic rings. The molecule has 0 aliphatic heterocycles. The molecular formula is C9H12ClNO2S. The molecule has 1 unspecified atom stereocenters. The monoisotopic (exact) mass is 233 g/mol. The van der Waals surface area contributed by atoms with Crippen LogP contribution in [-0.4, -0.2) is 14.5 Å². The fourth-order valence-electron chi connectivity index (χ4n) is 1.16. The van der Waals surface area contributed by atoms with Gasteiger partial charge >= 0.3 is 0 Å². The number of rotatable bonds is 3. The first-order valence-electron chi connectivity index (χ1n) is 4.19. The molecule has 3 nitrogen and oxygen atoms in total. The Balaban J connectivity index is 2.90. The van der Waals surface area contributed by atoms with Crippen LogP contribution in [0, 0.1) is 0 Å². The molecule has 0 spiro atoms. The molecule has 14 heavy (non-hydrogen) atoms. The third-order valence-electron chi connectivity index (χ3n) is 1.76. The van der Waals surface area contributed by atoms with E-state index in [1.807, 2.05) is 6.92 Å². The third-order valence-corrected chi connectivity index (χ3v) is 3.13. The Labute approximate surface area is 88.3 Å². The molecule has 1 rings (SSSR count). The van der Waals surface area contributed by atoms with Gasteiger partial charge in [0.2, 0.25) is 0 Å². The summed E-state index contributed by atoms with van der Waals surface area (Å²) in [6.45, 7) is 1.90. The second kappa shape index (κ2) is 4.29. The van der Waals surface area contributed by atoms with E-state index >= 15 is 0 Å². The van der Waals surface area contributed by atoms with Crippen molar-refractivity contribution in [2.75, 3.05) is 0 Å². The maximum atomic E-state index is 10.9. The van der Waals surface area contributed by atoms with Crippen molar-refractivity contribution in [1.82, 2.24) is 0 Å². The summed E-state index contributed by atoms with van der Waals surface area (Å²) in [4.78, 5) is 0.118. The van der Waals surface area contributed by atoms with Gasteiger partial charge < -0.3 is 5.73 Å². The fraction of sp³-hybridized carbons (Fsp3) is 0.333. The molecule has 0 aliphatic rings. The highest BCUT2D eigenvalue weighted by Crippen LogP contribution is 2.15. The Morgan fingerprint density at radius 1 is 1.36 bits per heavy atom. The van der Waals surface area contributed by atoms with Crippen LogP contribution in [0.4, 0.5) is 0 Å². The number of halogens is 1. The standard InChI is InChI=1S/C9H12ClNO2S/c1-7(11)6-8-2-4-9(5-3-8)14(10,12)13/h2-5,7H,6,11H2,1H3. The average Bonchev–Trinajstić information content (AvgIpc) is 2.02. The molecular weight excluding hydrogens is 222 g/mol. The summed E-state index contributed by atoms with van der Waals surface area (Å²) >= 11 is 0. The van der Waals surface area contributed by atoms with E-state index in [0.717, 1.165) is 12.0 Å². The van der Waals surface area contributed by atoms with Gasteiger partial charge in [-0.15, -0.1) is 0 Å². The topological polar surface area (TPSA) is 60.2 Å². The molecule has 0 saturated carbocycles. The van der Waals surface area contributed by atoms with Crippen LogP contribution in [-0.2, 0) is 15.5 Å². The summed E-state index contributed by atoms with van der Waals surface area (Å²) in [7, 11) is 1.56. The van der Waals surface area contributed by atoms with Gasteiger partial charge in [0.15, 0.2) is 0 Å². The van der Waals surface area contributed by atoms with E-state index in [9.17, 15) is 8.42 Å². The normalized spacial score (nSPS) is 13.9. The summed E-state index contributed by atoms with van der Waals surface area (Å²) in [5, 5.41) is 0. The summed E-state index contributed by atoms with van der Waals surface area (Å²) in [5.41, 5.74) is 6.61.